The van der Waals surface area contributed by atoms with Gasteiger partial charge in [0.2, 0.25) is 10.0 Å². The van der Waals surface area contributed by atoms with Gasteiger partial charge < -0.3 is 0 Å². The van der Waals surface area contributed by atoms with Crippen LogP contribution in [0.25, 0.3) is 0 Å². The molecule has 0 fully saturated rings. The van der Waals surface area contributed by atoms with Crippen LogP contribution in [0, 0.1) is 24.0 Å². The van der Waals surface area contributed by atoms with Gasteiger partial charge in [-0.05, 0) is 38.0 Å². The van der Waals surface area contributed by atoms with Crippen molar-refractivity contribution in [2.24, 2.45) is 0 Å². The monoisotopic (exact) mass is 334 g/mol. The van der Waals surface area contributed by atoms with E-state index in [0.717, 1.165) is 22.8 Å². The van der Waals surface area contributed by atoms with Gasteiger partial charge in [-0.2, -0.15) is 0 Å². The summed E-state index contributed by atoms with van der Waals surface area (Å²) in [5.74, 6) is 0. The maximum atomic E-state index is 12.4. The molecule has 0 heterocycles. The molecule has 2 aromatic rings. The third-order valence-corrected chi connectivity index (χ3v) is 5.10. The summed E-state index contributed by atoms with van der Waals surface area (Å²) in [5.41, 5.74) is 2.69. The molecular formula is C16H18N2O4S. The van der Waals surface area contributed by atoms with Crippen molar-refractivity contribution in [3.8, 4) is 0 Å². The lowest BCUT2D eigenvalue weighted by atomic mass is 10.0. The summed E-state index contributed by atoms with van der Waals surface area (Å²) in [6.45, 7) is 5.63. The molecule has 0 amide bonds. The fraction of sp³-hybridized carbons (Fsp3) is 0.250. The fourth-order valence-electron chi connectivity index (χ4n) is 2.44. The molecule has 0 bridgehead atoms. The van der Waals surface area contributed by atoms with E-state index in [1.165, 1.54) is 18.2 Å². The summed E-state index contributed by atoms with van der Waals surface area (Å²) in [7, 11) is -3.85. The van der Waals surface area contributed by atoms with Crippen molar-refractivity contribution in [3.63, 3.8) is 0 Å². The van der Waals surface area contributed by atoms with Gasteiger partial charge >= 0.3 is 0 Å². The van der Waals surface area contributed by atoms with E-state index in [9.17, 15) is 18.5 Å². The Balaban J connectivity index is 2.30. The normalized spacial score (nSPS) is 12.8. The van der Waals surface area contributed by atoms with Crippen LogP contribution in [-0.4, -0.2) is 13.3 Å². The lowest BCUT2D eigenvalue weighted by Gasteiger charge is -2.17. The molecule has 0 spiro atoms. The predicted molar refractivity (Wildman–Crippen MR) is 87.7 cm³/mol. The quantitative estimate of drug-likeness (QED) is 0.671. The van der Waals surface area contributed by atoms with Crippen molar-refractivity contribution in [1.29, 1.82) is 0 Å². The average Bonchev–Trinajstić information content (AvgIpc) is 2.46. The molecule has 122 valence electrons. The Morgan fingerprint density at radius 2 is 1.83 bits per heavy atom. The number of rotatable bonds is 5. The van der Waals surface area contributed by atoms with Crippen molar-refractivity contribution in [3.05, 3.63) is 69.3 Å². The summed E-state index contributed by atoms with van der Waals surface area (Å²) in [6.07, 6.45) is 0. The van der Waals surface area contributed by atoms with E-state index >= 15 is 0 Å². The molecule has 0 radical (unpaired) electrons. The lowest BCUT2D eigenvalue weighted by molar-refractivity contribution is -0.385. The highest BCUT2D eigenvalue weighted by Gasteiger charge is 2.21. The molecule has 0 aliphatic carbocycles. The van der Waals surface area contributed by atoms with Crippen LogP contribution in [0.3, 0.4) is 0 Å². The second-order valence-corrected chi connectivity index (χ2v) is 7.17. The summed E-state index contributed by atoms with van der Waals surface area (Å²) in [6, 6.07) is 10.3. The molecule has 0 aliphatic heterocycles. The Morgan fingerprint density at radius 1 is 1.13 bits per heavy atom. The van der Waals surface area contributed by atoms with Crippen LogP contribution >= 0.6 is 0 Å². The Labute approximate surface area is 135 Å². The van der Waals surface area contributed by atoms with Crippen LogP contribution in [0.2, 0.25) is 0 Å². The van der Waals surface area contributed by atoms with Crippen LogP contribution < -0.4 is 4.72 Å². The molecule has 1 atom stereocenters. The van der Waals surface area contributed by atoms with Crippen LogP contribution in [0.1, 0.15) is 29.7 Å². The van der Waals surface area contributed by atoms with Crippen molar-refractivity contribution in [2.75, 3.05) is 0 Å². The molecule has 0 aliphatic rings. The highest BCUT2D eigenvalue weighted by atomic mass is 32.2. The molecule has 1 unspecified atom stereocenters. The molecule has 7 heteroatoms. The molecular weight excluding hydrogens is 316 g/mol. The van der Waals surface area contributed by atoms with Gasteiger partial charge in [-0.25, -0.2) is 13.1 Å². The zero-order valence-corrected chi connectivity index (χ0v) is 13.9. The van der Waals surface area contributed by atoms with E-state index in [2.05, 4.69) is 4.72 Å². The van der Waals surface area contributed by atoms with Crippen molar-refractivity contribution in [1.82, 2.24) is 4.72 Å². The minimum Gasteiger partial charge on any atom is -0.258 e. The van der Waals surface area contributed by atoms with Crippen LogP contribution in [-0.2, 0) is 10.0 Å². The number of aryl methyl sites for hydroxylation is 2. The van der Waals surface area contributed by atoms with Gasteiger partial charge in [0.25, 0.3) is 5.69 Å². The van der Waals surface area contributed by atoms with Gasteiger partial charge in [-0.1, -0.05) is 29.8 Å². The van der Waals surface area contributed by atoms with Crippen LogP contribution in [0.5, 0.6) is 0 Å². The number of hydrogen-bond donors (Lipinski definition) is 1. The van der Waals surface area contributed by atoms with E-state index in [4.69, 9.17) is 0 Å². The summed E-state index contributed by atoms with van der Waals surface area (Å²) in [5, 5.41) is 10.8. The average molecular weight is 334 g/mol. The first-order chi connectivity index (χ1) is 10.7. The lowest BCUT2D eigenvalue weighted by Crippen LogP contribution is -2.27. The first-order valence-electron chi connectivity index (χ1n) is 7.04. The molecule has 0 saturated carbocycles. The van der Waals surface area contributed by atoms with E-state index in [1.807, 2.05) is 32.0 Å². The van der Waals surface area contributed by atoms with Crippen molar-refractivity contribution in [2.45, 2.75) is 31.7 Å². The van der Waals surface area contributed by atoms with Crippen LogP contribution in [0.15, 0.2) is 47.4 Å². The number of nitrogens with one attached hydrogen (secondary N) is 1. The van der Waals surface area contributed by atoms with Gasteiger partial charge in [0, 0.05) is 18.2 Å². The van der Waals surface area contributed by atoms with Gasteiger partial charge in [0.1, 0.15) is 0 Å². The zero-order valence-electron chi connectivity index (χ0n) is 13.1. The number of non-ortho nitro benzene ring substituents is 1. The maximum Gasteiger partial charge on any atom is 0.270 e. The van der Waals surface area contributed by atoms with E-state index in [-0.39, 0.29) is 10.6 Å². The second-order valence-electron chi connectivity index (χ2n) is 5.46. The number of nitro benzene ring substituents is 1. The molecule has 2 rings (SSSR count). The third kappa shape index (κ3) is 3.94. The van der Waals surface area contributed by atoms with Gasteiger partial charge in [-0.3, -0.25) is 10.1 Å². The maximum absolute atomic E-state index is 12.4. The predicted octanol–water partition coefficient (Wildman–Crippen LogP) is 3.25. The van der Waals surface area contributed by atoms with Gasteiger partial charge in [-0.15, -0.1) is 0 Å². The Morgan fingerprint density at radius 3 is 2.43 bits per heavy atom. The molecule has 23 heavy (non-hydrogen) atoms. The molecule has 0 aromatic heterocycles. The molecule has 1 N–H and O–H groups in total. The highest BCUT2D eigenvalue weighted by Crippen LogP contribution is 2.22. The number of sulfonamides is 1. The fourth-order valence-corrected chi connectivity index (χ4v) is 3.70. The SMILES string of the molecule is Cc1ccc(C(C)NS(=O)(=O)c2cccc([N+](=O)[O-])c2)c(C)c1. The molecule has 0 saturated heterocycles. The van der Waals surface area contributed by atoms with E-state index < -0.39 is 21.0 Å². The van der Waals surface area contributed by atoms with Crippen molar-refractivity contribution < 1.29 is 13.3 Å². The Kier molecular flexibility index (Phi) is 4.82. The Bertz CT molecular complexity index is 847. The summed E-state index contributed by atoms with van der Waals surface area (Å²) < 4.78 is 27.4. The van der Waals surface area contributed by atoms with Gasteiger partial charge in [0.05, 0.1) is 9.82 Å². The first-order valence-corrected chi connectivity index (χ1v) is 8.53. The topological polar surface area (TPSA) is 89.3 Å². The highest BCUT2D eigenvalue weighted by molar-refractivity contribution is 7.89. The molecule has 6 nitrogen and oxygen atoms in total. The number of benzene rings is 2. The number of hydrogen-bond acceptors (Lipinski definition) is 4. The minimum atomic E-state index is -3.85. The minimum absolute atomic E-state index is 0.122. The summed E-state index contributed by atoms with van der Waals surface area (Å²) >= 11 is 0. The standard InChI is InChI=1S/C16H18N2O4S/c1-11-7-8-16(12(2)9-11)13(3)17-23(21,22)15-6-4-5-14(10-15)18(19)20/h4-10,13,17H,1-3H3. The van der Waals surface area contributed by atoms with Crippen LogP contribution in [0.4, 0.5) is 5.69 Å². The van der Waals surface area contributed by atoms with Crippen molar-refractivity contribution >= 4 is 15.7 Å². The first kappa shape index (κ1) is 17.1. The third-order valence-electron chi connectivity index (χ3n) is 3.56. The number of nitro groups is 1. The van der Waals surface area contributed by atoms with E-state index in [0.29, 0.717) is 0 Å². The largest absolute Gasteiger partial charge is 0.270 e. The summed E-state index contributed by atoms with van der Waals surface area (Å²) in [4.78, 5) is 10.1. The Hall–Kier alpha value is -2.25. The van der Waals surface area contributed by atoms with Gasteiger partial charge in [0.15, 0.2) is 0 Å². The molecule has 2 aromatic carbocycles. The number of nitrogens with zero attached hydrogens (tertiary/aromatic N) is 1. The zero-order chi connectivity index (χ0) is 17.2. The smallest absolute Gasteiger partial charge is 0.258 e. The second kappa shape index (κ2) is 6.47. The van der Waals surface area contributed by atoms with E-state index in [1.54, 1.807) is 6.92 Å².